The second kappa shape index (κ2) is 17.7. The molecule has 12 aromatic rings. The van der Waals surface area contributed by atoms with Crippen molar-refractivity contribution < 1.29 is 0 Å². The number of benzene rings is 12. The van der Waals surface area contributed by atoms with Gasteiger partial charge in [0.25, 0.3) is 0 Å². The second-order valence-corrected chi connectivity index (χ2v) is 18.9. The molecular weight excluding hydrogens is 845 g/mol. The van der Waals surface area contributed by atoms with Gasteiger partial charge in [0.2, 0.25) is 0 Å². The van der Waals surface area contributed by atoms with E-state index in [9.17, 15) is 0 Å². The Labute approximate surface area is 411 Å². The Balaban J connectivity index is 1.09. The molecular formula is C68H52N2. The van der Waals surface area contributed by atoms with Crippen LogP contribution in [0.1, 0.15) is 22.3 Å². The molecule has 0 bridgehead atoms. The summed E-state index contributed by atoms with van der Waals surface area (Å²) in [5, 5.41) is 7.33. The van der Waals surface area contributed by atoms with Crippen LogP contribution in [0.2, 0.25) is 0 Å². The molecule has 0 amide bonds. The van der Waals surface area contributed by atoms with Crippen LogP contribution >= 0.6 is 0 Å². The summed E-state index contributed by atoms with van der Waals surface area (Å²) < 4.78 is 0. The minimum Gasteiger partial charge on any atom is -0.310 e. The Morgan fingerprint density at radius 1 is 0.229 bits per heavy atom. The molecule has 0 heterocycles. The molecule has 0 atom stereocenters. The number of anilines is 6. The highest BCUT2D eigenvalue weighted by Gasteiger charge is 2.23. The van der Waals surface area contributed by atoms with Crippen LogP contribution in [-0.2, 0) is 0 Å². The normalized spacial score (nSPS) is 11.4. The van der Waals surface area contributed by atoms with Crippen LogP contribution in [0.5, 0.6) is 0 Å². The lowest BCUT2D eigenvalue weighted by Crippen LogP contribution is -2.12. The Morgan fingerprint density at radius 2 is 0.514 bits per heavy atom. The first-order valence-electron chi connectivity index (χ1n) is 24.3. The van der Waals surface area contributed by atoms with E-state index < -0.39 is 0 Å². The van der Waals surface area contributed by atoms with E-state index in [1.165, 1.54) is 99.1 Å². The van der Waals surface area contributed by atoms with Gasteiger partial charge in [0.05, 0.1) is 11.4 Å². The number of rotatable bonds is 10. The topological polar surface area (TPSA) is 6.48 Å². The Morgan fingerprint density at radius 3 is 0.814 bits per heavy atom. The molecule has 0 spiro atoms. The summed E-state index contributed by atoms with van der Waals surface area (Å²) >= 11 is 0. The van der Waals surface area contributed by atoms with E-state index in [2.05, 4.69) is 280 Å². The summed E-state index contributed by atoms with van der Waals surface area (Å²) in [7, 11) is 0. The molecule has 12 aromatic carbocycles. The van der Waals surface area contributed by atoms with Crippen molar-refractivity contribution in [1.29, 1.82) is 0 Å². The third kappa shape index (κ3) is 7.94. The highest BCUT2D eigenvalue weighted by Crippen LogP contribution is 2.49. The van der Waals surface area contributed by atoms with Crippen LogP contribution in [0.4, 0.5) is 34.1 Å². The maximum atomic E-state index is 2.46. The molecule has 70 heavy (non-hydrogen) atoms. The van der Waals surface area contributed by atoms with Gasteiger partial charge < -0.3 is 9.80 Å². The molecule has 0 radical (unpaired) electrons. The molecule has 0 aliphatic carbocycles. The first kappa shape index (κ1) is 42.6. The van der Waals surface area contributed by atoms with Gasteiger partial charge in [-0.2, -0.15) is 0 Å². The summed E-state index contributed by atoms with van der Waals surface area (Å²) in [6, 6.07) is 90.0. The van der Waals surface area contributed by atoms with Crippen LogP contribution in [0.3, 0.4) is 0 Å². The lowest BCUT2D eigenvalue weighted by atomic mass is 9.91. The van der Waals surface area contributed by atoms with Crippen molar-refractivity contribution >= 4 is 66.4 Å². The Kier molecular flexibility index (Phi) is 10.8. The molecule has 0 fully saturated rings. The zero-order valence-corrected chi connectivity index (χ0v) is 40.0. The summed E-state index contributed by atoms with van der Waals surface area (Å²) in [5.41, 5.74) is 21.1. The zero-order valence-electron chi connectivity index (χ0n) is 40.0. The standard InChI is InChI=1S/C68H52N2/c1-45-15-23-49(24-16-45)55-39-56(50-25-17-46(2)18-26-50)42-61(41-55)69(59-11-7-5-8-12-59)65-37-33-53-32-36-64-66(38-34-54-31-35-63(65)67(53)68(54)64)70(60-13-9-6-10-14-60)62-43-57(51-27-19-47(3)20-28-51)40-58(44-62)52-29-21-48(4)22-30-52/h5-44H,1-4H3. The molecule has 0 saturated heterocycles. The van der Waals surface area contributed by atoms with Crippen molar-refractivity contribution in [2.24, 2.45) is 0 Å². The third-order valence-electron chi connectivity index (χ3n) is 14.0. The van der Waals surface area contributed by atoms with Gasteiger partial charge in [0.1, 0.15) is 0 Å². The average molecular weight is 897 g/mol. The van der Waals surface area contributed by atoms with Crippen molar-refractivity contribution in [3.8, 4) is 44.5 Å². The summed E-state index contributed by atoms with van der Waals surface area (Å²) in [6.07, 6.45) is 0. The van der Waals surface area contributed by atoms with Crippen LogP contribution in [0, 0.1) is 27.7 Å². The Hall–Kier alpha value is -8.72. The highest BCUT2D eigenvalue weighted by atomic mass is 15.1. The molecule has 0 aliphatic rings. The number of hydrogen-bond donors (Lipinski definition) is 0. The van der Waals surface area contributed by atoms with E-state index >= 15 is 0 Å². The maximum Gasteiger partial charge on any atom is 0.0540 e. The van der Waals surface area contributed by atoms with Crippen LogP contribution < -0.4 is 9.80 Å². The van der Waals surface area contributed by atoms with Crippen molar-refractivity contribution in [3.63, 3.8) is 0 Å². The van der Waals surface area contributed by atoms with Gasteiger partial charge >= 0.3 is 0 Å². The van der Waals surface area contributed by atoms with Crippen molar-refractivity contribution in [1.82, 2.24) is 0 Å². The minimum absolute atomic E-state index is 1.10. The predicted octanol–water partition coefficient (Wildman–Crippen LogP) is 19.4. The largest absolute Gasteiger partial charge is 0.310 e. The zero-order chi connectivity index (χ0) is 47.3. The monoisotopic (exact) mass is 896 g/mol. The first-order chi connectivity index (χ1) is 34.3. The maximum absolute atomic E-state index is 2.46. The molecule has 334 valence electrons. The van der Waals surface area contributed by atoms with Gasteiger partial charge in [0, 0.05) is 33.5 Å². The van der Waals surface area contributed by atoms with Gasteiger partial charge in [-0.1, -0.05) is 192 Å². The van der Waals surface area contributed by atoms with Gasteiger partial charge in [-0.15, -0.1) is 0 Å². The van der Waals surface area contributed by atoms with Gasteiger partial charge in [-0.05, 0) is 167 Å². The summed E-state index contributed by atoms with van der Waals surface area (Å²) in [6.45, 7) is 8.60. The third-order valence-corrected chi connectivity index (χ3v) is 14.0. The van der Waals surface area contributed by atoms with Gasteiger partial charge in [-0.3, -0.25) is 0 Å². The predicted molar refractivity (Wildman–Crippen MR) is 300 cm³/mol. The quantitative estimate of drug-likeness (QED) is 0.126. The molecule has 2 nitrogen and oxygen atoms in total. The van der Waals surface area contributed by atoms with Crippen molar-refractivity contribution in [2.45, 2.75) is 27.7 Å². The minimum atomic E-state index is 1.10. The van der Waals surface area contributed by atoms with Crippen LogP contribution in [0.15, 0.2) is 243 Å². The van der Waals surface area contributed by atoms with Crippen molar-refractivity contribution in [3.05, 3.63) is 265 Å². The summed E-state index contributed by atoms with van der Waals surface area (Å²) in [4.78, 5) is 4.92. The lowest BCUT2D eigenvalue weighted by molar-refractivity contribution is 1.30. The molecule has 12 rings (SSSR count). The molecule has 2 heteroatoms. The molecule has 0 unspecified atom stereocenters. The van der Waals surface area contributed by atoms with E-state index in [0.29, 0.717) is 0 Å². The lowest BCUT2D eigenvalue weighted by Gasteiger charge is -2.30. The first-order valence-corrected chi connectivity index (χ1v) is 24.3. The average Bonchev–Trinajstić information content (AvgIpc) is 3.40. The van der Waals surface area contributed by atoms with E-state index in [0.717, 1.165) is 34.1 Å². The number of para-hydroxylation sites is 2. The van der Waals surface area contributed by atoms with Crippen molar-refractivity contribution in [2.75, 3.05) is 9.80 Å². The van der Waals surface area contributed by atoms with Gasteiger partial charge in [0.15, 0.2) is 0 Å². The Bertz CT molecular complexity index is 3430. The number of hydrogen-bond acceptors (Lipinski definition) is 2. The number of nitrogens with zero attached hydrogens (tertiary/aromatic N) is 2. The fourth-order valence-corrected chi connectivity index (χ4v) is 10.3. The van der Waals surface area contributed by atoms with E-state index in [1.54, 1.807) is 0 Å². The molecule has 0 aliphatic heterocycles. The van der Waals surface area contributed by atoms with Gasteiger partial charge in [-0.25, -0.2) is 0 Å². The summed E-state index contributed by atoms with van der Waals surface area (Å²) in [5.74, 6) is 0. The van der Waals surface area contributed by atoms with Crippen LogP contribution in [0.25, 0.3) is 76.8 Å². The number of aryl methyl sites for hydroxylation is 4. The van der Waals surface area contributed by atoms with E-state index in [1.807, 2.05) is 0 Å². The molecule has 0 aromatic heterocycles. The highest BCUT2D eigenvalue weighted by molar-refractivity contribution is 6.28. The SMILES string of the molecule is Cc1ccc(-c2cc(-c3ccc(C)cc3)cc(N(c3ccccc3)c3ccc4ccc5c(N(c6ccccc6)c6cc(-c7ccc(C)cc7)cc(-c7ccc(C)cc7)c6)ccc6ccc3c4c65)c2)cc1. The fraction of sp³-hybridized carbons (Fsp3) is 0.0588. The second-order valence-electron chi connectivity index (χ2n) is 18.9. The van der Waals surface area contributed by atoms with E-state index in [4.69, 9.17) is 0 Å². The van der Waals surface area contributed by atoms with E-state index in [-0.39, 0.29) is 0 Å². The molecule has 0 saturated carbocycles. The fourth-order valence-electron chi connectivity index (χ4n) is 10.3. The molecule has 0 N–H and O–H groups in total. The smallest absolute Gasteiger partial charge is 0.0540 e. The van der Waals surface area contributed by atoms with Crippen LogP contribution in [-0.4, -0.2) is 0 Å².